The first kappa shape index (κ1) is 15.9. The highest BCUT2D eigenvalue weighted by Crippen LogP contribution is 2.23. The highest BCUT2D eigenvalue weighted by Gasteiger charge is 2.31. The summed E-state index contributed by atoms with van der Waals surface area (Å²) in [5.74, 6) is -2.50. The van der Waals surface area contributed by atoms with E-state index < -0.39 is 33.3 Å². The van der Waals surface area contributed by atoms with Gasteiger partial charge in [-0.25, -0.2) is 13.1 Å². The summed E-state index contributed by atoms with van der Waals surface area (Å²) < 4.78 is 26.2. The second-order valence-corrected chi connectivity index (χ2v) is 6.74. The topological polar surface area (TPSA) is 121 Å². The first-order chi connectivity index (χ1) is 8.83. The van der Waals surface area contributed by atoms with Crippen molar-refractivity contribution in [3.05, 3.63) is 0 Å². The Morgan fingerprint density at radius 2 is 1.74 bits per heavy atom. The van der Waals surface area contributed by atoms with E-state index in [1.807, 2.05) is 0 Å². The van der Waals surface area contributed by atoms with Gasteiger partial charge in [-0.3, -0.25) is 9.59 Å². The molecule has 0 amide bonds. The third-order valence-corrected chi connectivity index (χ3v) is 5.20. The molecule has 8 heteroatoms. The number of carbonyl (C=O) groups is 2. The Kier molecular flexibility index (Phi) is 5.74. The van der Waals surface area contributed by atoms with Gasteiger partial charge in [0.25, 0.3) is 0 Å². The number of rotatable bonds is 7. The molecule has 0 saturated heterocycles. The zero-order valence-corrected chi connectivity index (χ0v) is 11.4. The van der Waals surface area contributed by atoms with E-state index >= 15 is 0 Å². The smallest absolute Gasteiger partial charge is 0.321 e. The molecular formula is C11H19NO6S. The van der Waals surface area contributed by atoms with Gasteiger partial charge in [0.1, 0.15) is 6.04 Å². The van der Waals surface area contributed by atoms with Crippen molar-refractivity contribution in [2.45, 2.75) is 56.2 Å². The lowest BCUT2D eigenvalue weighted by molar-refractivity contribution is -0.140. The van der Waals surface area contributed by atoms with Crippen molar-refractivity contribution in [2.24, 2.45) is 0 Å². The second-order valence-electron chi connectivity index (χ2n) is 4.75. The van der Waals surface area contributed by atoms with Crippen LogP contribution in [0.5, 0.6) is 0 Å². The third kappa shape index (κ3) is 5.15. The molecule has 1 aliphatic rings. The molecule has 1 aliphatic carbocycles. The van der Waals surface area contributed by atoms with Crippen LogP contribution in [0.15, 0.2) is 0 Å². The molecule has 3 N–H and O–H groups in total. The van der Waals surface area contributed by atoms with Gasteiger partial charge < -0.3 is 10.2 Å². The van der Waals surface area contributed by atoms with Crippen LogP contribution in [0.1, 0.15) is 44.9 Å². The Bertz CT molecular complexity index is 426. The molecule has 19 heavy (non-hydrogen) atoms. The molecule has 0 bridgehead atoms. The van der Waals surface area contributed by atoms with Gasteiger partial charge in [-0.1, -0.05) is 19.3 Å². The monoisotopic (exact) mass is 293 g/mol. The van der Waals surface area contributed by atoms with Crippen molar-refractivity contribution in [3.63, 3.8) is 0 Å². The highest BCUT2D eigenvalue weighted by molar-refractivity contribution is 7.90. The molecular weight excluding hydrogens is 274 g/mol. The van der Waals surface area contributed by atoms with Gasteiger partial charge in [-0.05, 0) is 19.3 Å². The summed E-state index contributed by atoms with van der Waals surface area (Å²) in [5.41, 5.74) is 0. The number of hydrogen-bond acceptors (Lipinski definition) is 4. The van der Waals surface area contributed by atoms with Crippen LogP contribution in [0.3, 0.4) is 0 Å². The minimum atomic E-state index is -3.70. The summed E-state index contributed by atoms with van der Waals surface area (Å²) >= 11 is 0. The molecule has 0 aliphatic heterocycles. The van der Waals surface area contributed by atoms with Crippen LogP contribution in [-0.4, -0.2) is 41.9 Å². The van der Waals surface area contributed by atoms with Crippen LogP contribution < -0.4 is 4.72 Å². The van der Waals surface area contributed by atoms with Gasteiger partial charge >= 0.3 is 11.9 Å². The number of aliphatic carboxylic acids is 2. The molecule has 7 nitrogen and oxygen atoms in total. The van der Waals surface area contributed by atoms with E-state index in [0.29, 0.717) is 12.8 Å². The van der Waals surface area contributed by atoms with Crippen LogP contribution in [0.25, 0.3) is 0 Å². The van der Waals surface area contributed by atoms with Crippen LogP contribution in [-0.2, 0) is 19.6 Å². The maximum Gasteiger partial charge on any atom is 0.321 e. The fourth-order valence-corrected chi connectivity index (χ4v) is 3.93. The quantitative estimate of drug-likeness (QED) is 0.630. The number of carboxylic acid groups (broad SMARTS) is 2. The molecule has 0 spiro atoms. The summed E-state index contributed by atoms with van der Waals surface area (Å²) in [6, 6.07) is -1.37. The average molecular weight is 293 g/mol. The lowest BCUT2D eigenvalue weighted by atomic mass is 10.0. The van der Waals surface area contributed by atoms with Gasteiger partial charge in [-0.2, -0.15) is 0 Å². The largest absolute Gasteiger partial charge is 0.481 e. The molecule has 0 aromatic carbocycles. The van der Waals surface area contributed by atoms with E-state index in [-0.39, 0.29) is 12.8 Å². The van der Waals surface area contributed by atoms with Crippen molar-refractivity contribution in [2.75, 3.05) is 0 Å². The van der Waals surface area contributed by atoms with Crippen LogP contribution in [0.2, 0.25) is 0 Å². The minimum Gasteiger partial charge on any atom is -0.481 e. The van der Waals surface area contributed by atoms with Gasteiger partial charge in [0.15, 0.2) is 0 Å². The summed E-state index contributed by atoms with van der Waals surface area (Å²) in [4.78, 5) is 21.4. The van der Waals surface area contributed by atoms with Crippen molar-refractivity contribution in [1.82, 2.24) is 4.72 Å². The molecule has 0 radical (unpaired) electrons. The normalized spacial score (nSPS) is 18.9. The van der Waals surface area contributed by atoms with Crippen molar-refractivity contribution < 1.29 is 28.2 Å². The van der Waals surface area contributed by atoms with Crippen LogP contribution in [0, 0.1) is 0 Å². The van der Waals surface area contributed by atoms with Gasteiger partial charge in [0.05, 0.1) is 5.25 Å². The number of hydrogen-bond donors (Lipinski definition) is 3. The van der Waals surface area contributed by atoms with E-state index in [2.05, 4.69) is 4.72 Å². The molecule has 1 rings (SSSR count). The maximum atomic E-state index is 12.0. The SMILES string of the molecule is O=C(O)CCC(NS(=O)(=O)C1CCCCC1)C(=O)O. The lowest BCUT2D eigenvalue weighted by Crippen LogP contribution is -2.45. The van der Waals surface area contributed by atoms with Crippen LogP contribution in [0.4, 0.5) is 0 Å². The summed E-state index contributed by atoms with van der Waals surface area (Å²) in [7, 11) is -3.70. The first-order valence-corrected chi connectivity index (χ1v) is 7.83. The Morgan fingerprint density at radius 3 is 2.21 bits per heavy atom. The van der Waals surface area contributed by atoms with Crippen LogP contribution >= 0.6 is 0 Å². The Balaban J connectivity index is 2.65. The zero-order valence-electron chi connectivity index (χ0n) is 10.5. The Hall–Kier alpha value is -1.15. The maximum absolute atomic E-state index is 12.0. The van der Waals surface area contributed by atoms with Gasteiger partial charge in [0, 0.05) is 6.42 Å². The second kappa shape index (κ2) is 6.85. The van der Waals surface area contributed by atoms with E-state index in [1.165, 1.54) is 0 Å². The molecule has 0 aromatic rings. The zero-order chi connectivity index (χ0) is 14.5. The first-order valence-electron chi connectivity index (χ1n) is 6.28. The molecule has 0 aromatic heterocycles. The van der Waals surface area contributed by atoms with Crippen molar-refractivity contribution >= 4 is 22.0 Å². The number of nitrogens with one attached hydrogen (secondary N) is 1. The summed E-state index contributed by atoms with van der Waals surface area (Å²) in [5, 5.41) is 16.9. The summed E-state index contributed by atoms with van der Waals surface area (Å²) in [6.45, 7) is 0. The van der Waals surface area contributed by atoms with E-state index in [9.17, 15) is 18.0 Å². The van der Waals surface area contributed by atoms with Crippen molar-refractivity contribution in [1.29, 1.82) is 0 Å². The van der Waals surface area contributed by atoms with Crippen molar-refractivity contribution in [3.8, 4) is 0 Å². The van der Waals surface area contributed by atoms with Gasteiger partial charge in [-0.15, -0.1) is 0 Å². The molecule has 110 valence electrons. The third-order valence-electron chi connectivity index (χ3n) is 3.24. The standard InChI is InChI=1S/C11H19NO6S/c13-10(14)7-6-9(11(15)16)12-19(17,18)8-4-2-1-3-5-8/h8-9,12H,1-7H2,(H,13,14)(H,15,16). The van der Waals surface area contributed by atoms with E-state index in [1.54, 1.807) is 0 Å². The minimum absolute atomic E-state index is 0.253. The fraction of sp³-hybridized carbons (Fsp3) is 0.818. The fourth-order valence-electron chi connectivity index (χ4n) is 2.17. The molecule has 1 unspecified atom stereocenters. The van der Waals surface area contributed by atoms with Gasteiger partial charge in [0.2, 0.25) is 10.0 Å². The molecule has 1 atom stereocenters. The number of sulfonamides is 1. The Morgan fingerprint density at radius 1 is 1.16 bits per heavy atom. The molecule has 1 fully saturated rings. The lowest BCUT2D eigenvalue weighted by Gasteiger charge is -2.24. The summed E-state index contributed by atoms with van der Waals surface area (Å²) in [6.07, 6.45) is 3.05. The average Bonchev–Trinajstić information content (AvgIpc) is 2.35. The molecule has 1 saturated carbocycles. The highest BCUT2D eigenvalue weighted by atomic mass is 32.2. The van der Waals surface area contributed by atoms with E-state index in [4.69, 9.17) is 10.2 Å². The molecule has 0 heterocycles. The Labute approximate surface area is 112 Å². The number of carboxylic acids is 2. The van der Waals surface area contributed by atoms with E-state index in [0.717, 1.165) is 19.3 Å². The predicted molar refractivity (Wildman–Crippen MR) is 67.2 cm³/mol. The predicted octanol–water partition coefficient (Wildman–Crippen LogP) is 0.556.